The smallest absolute Gasteiger partial charge is 0.124 e. The van der Waals surface area contributed by atoms with Crippen molar-refractivity contribution in [2.75, 3.05) is 27.8 Å². The van der Waals surface area contributed by atoms with Crippen LogP contribution in [0.5, 0.6) is 5.75 Å². The van der Waals surface area contributed by atoms with Crippen molar-refractivity contribution in [3.05, 3.63) is 28.3 Å². The lowest BCUT2D eigenvalue weighted by Gasteiger charge is -2.21. The highest BCUT2D eigenvalue weighted by Gasteiger charge is 2.17. The zero-order valence-electron chi connectivity index (χ0n) is 11.7. The van der Waals surface area contributed by atoms with E-state index in [0.717, 1.165) is 17.9 Å². The molecule has 3 heteroatoms. The molecule has 0 bridgehead atoms. The van der Waals surface area contributed by atoms with E-state index in [1.807, 2.05) is 7.05 Å². The predicted octanol–water partition coefficient (Wildman–Crippen LogP) is 2.53. The molecule has 0 spiro atoms. The minimum atomic E-state index is 0.0864. The van der Waals surface area contributed by atoms with Crippen LogP contribution in [-0.2, 0) is 4.74 Å². The number of nitrogens with one attached hydrogen (secondary N) is 1. The molecule has 0 aliphatic heterocycles. The van der Waals surface area contributed by atoms with Crippen molar-refractivity contribution in [2.45, 2.75) is 26.9 Å². The summed E-state index contributed by atoms with van der Waals surface area (Å²) in [6, 6.07) is 2.16. The van der Waals surface area contributed by atoms with E-state index >= 15 is 0 Å². The van der Waals surface area contributed by atoms with Gasteiger partial charge in [0.15, 0.2) is 0 Å². The Hall–Kier alpha value is -1.06. The highest BCUT2D eigenvalue weighted by Crippen LogP contribution is 2.32. The van der Waals surface area contributed by atoms with Gasteiger partial charge in [-0.3, -0.25) is 0 Å². The third kappa shape index (κ3) is 2.79. The number of hydrogen-bond donors (Lipinski definition) is 1. The zero-order valence-corrected chi connectivity index (χ0v) is 11.7. The van der Waals surface area contributed by atoms with Gasteiger partial charge in [0.05, 0.1) is 13.2 Å². The minimum absolute atomic E-state index is 0.0864. The fourth-order valence-corrected chi connectivity index (χ4v) is 2.24. The molecule has 1 atom stereocenters. The summed E-state index contributed by atoms with van der Waals surface area (Å²) in [4.78, 5) is 0. The van der Waals surface area contributed by atoms with Crippen molar-refractivity contribution in [3.8, 4) is 5.75 Å². The van der Waals surface area contributed by atoms with Crippen LogP contribution >= 0.6 is 0 Å². The maximum absolute atomic E-state index is 5.54. The monoisotopic (exact) mass is 237 g/mol. The molecule has 0 heterocycles. The molecule has 1 rings (SSSR count). The largest absolute Gasteiger partial charge is 0.496 e. The number of hydrogen-bond acceptors (Lipinski definition) is 3. The van der Waals surface area contributed by atoms with Crippen LogP contribution in [0.15, 0.2) is 6.07 Å². The van der Waals surface area contributed by atoms with Crippen LogP contribution in [0.4, 0.5) is 0 Å². The Balaban J connectivity index is 3.25. The Labute approximate surface area is 104 Å². The Morgan fingerprint density at radius 2 is 1.82 bits per heavy atom. The molecule has 0 aromatic heterocycles. The van der Waals surface area contributed by atoms with Gasteiger partial charge in [-0.15, -0.1) is 0 Å². The molecule has 1 unspecified atom stereocenters. The molecule has 1 aromatic rings. The third-order valence-electron chi connectivity index (χ3n) is 3.29. The van der Waals surface area contributed by atoms with E-state index in [1.54, 1.807) is 14.2 Å². The third-order valence-corrected chi connectivity index (χ3v) is 3.29. The van der Waals surface area contributed by atoms with Gasteiger partial charge in [0.1, 0.15) is 5.75 Å². The number of ether oxygens (including phenoxy) is 2. The number of aryl methyl sites for hydroxylation is 1. The lowest BCUT2D eigenvalue weighted by Crippen LogP contribution is -2.20. The number of methoxy groups -OCH3 is 2. The van der Waals surface area contributed by atoms with E-state index < -0.39 is 0 Å². The Kier molecular flexibility index (Phi) is 4.97. The van der Waals surface area contributed by atoms with Crippen molar-refractivity contribution < 1.29 is 9.47 Å². The first-order valence-electron chi connectivity index (χ1n) is 5.88. The Bertz CT molecular complexity index is 388. The first-order chi connectivity index (χ1) is 8.06. The molecule has 3 nitrogen and oxygen atoms in total. The van der Waals surface area contributed by atoms with Crippen LogP contribution in [0.25, 0.3) is 0 Å². The molecule has 96 valence electrons. The standard InChI is InChI=1S/C14H23NO2/c1-9-7-12(13(16-5)8-15-4)10(2)11(3)14(9)17-6/h7,13,15H,8H2,1-6H3. The van der Waals surface area contributed by atoms with Gasteiger partial charge >= 0.3 is 0 Å². The average Bonchev–Trinajstić information content (AvgIpc) is 2.32. The van der Waals surface area contributed by atoms with Gasteiger partial charge in [0, 0.05) is 13.7 Å². The quantitative estimate of drug-likeness (QED) is 0.853. The summed E-state index contributed by atoms with van der Waals surface area (Å²) in [6.45, 7) is 7.09. The fourth-order valence-electron chi connectivity index (χ4n) is 2.24. The molecule has 0 saturated heterocycles. The van der Waals surface area contributed by atoms with Gasteiger partial charge in [-0.05, 0) is 56.1 Å². The molecule has 0 radical (unpaired) electrons. The van der Waals surface area contributed by atoms with Crippen LogP contribution in [0.2, 0.25) is 0 Å². The summed E-state index contributed by atoms with van der Waals surface area (Å²) in [6.07, 6.45) is 0.0864. The molecule has 0 fully saturated rings. The van der Waals surface area contributed by atoms with Gasteiger partial charge in [-0.2, -0.15) is 0 Å². The summed E-state index contributed by atoms with van der Waals surface area (Å²) < 4.78 is 11.0. The fraction of sp³-hybridized carbons (Fsp3) is 0.571. The van der Waals surface area contributed by atoms with Gasteiger partial charge in [-0.1, -0.05) is 0 Å². The van der Waals surface area contributed by atoms with E-state index in [9.17, 15) is 0 Å². The van der Waals surface area contributed by atoms with Gasteiger partial charge in [0.2, 0.25) is 0 Å². The number of rotatable bonds is 5. The molecule has 0 saturated carbocycles. The van der Waals surface area contributed by atoms with Gasteiger partial charge in [-0.25, -0.2) is 0 Å². The molecule has 0 aliphatic carbocycles. The van der Waals surface area contributed by atoms with Gasteiger partial charge < -0.3 is 14.8 Å². The predicted molar refractivity (Wildman–Crippen MR) is 70.9 cm³/mol. The molecule has 0 amide bonds. The van der Waals surface area contributed by atoms with E-state index in [0.29, 0.717) is 0 Å². The van der Waals surface area contributed by atoms with Crippen LogP contribution in [0.3, 0.4) is 0 Å². The second-order valence-corrected chi connectivity index (χ2v) is 4.35. The summed E-state index contributed by atoms with van der Waals surface area (Å²) in [5.74, 6) is 0.977. The van der Waals surface area contributed by atoms with Crippen LogP contribution in [0.1, 0.15) is 28.4 Å². The van der Waals surface area contributed by atoms with Crippen LogP contribution in [-0.4, -0.2) is 27.8 Å². The lowest BCUT2D eigenvalue weighted by atomic mass is 9.95. The summed E-state index contributed by atoms with van der Waals surface area (Å²) in [7, 11) is 5.40. The second-order valence-electron chi connectivity index (χ2n) is 4.35. The summed E-state index contributed by atoms with van der Waals surface area (Å²) in [5.41, 5.74) is 4.83. The summed E-state index contributed by atoms with van der Waals surface area (Å²) in [5, 5.41) is 3.16. The second kappa shape index (κ2) is 6.03. The highest BCUT2D eigenvalue weighted by atomic mass is 16.5. The SMILES string of the molecule is CNCC(OC)c1cc(C)c(OC)c(C)c1C. The summed E-state index contributed by atoms with van der Waals surface area (Å²) >= 11 is 0. The Morgan fingerprint density at radius 3 is 2.29 bits per heavy atom. The van der Waals surface area contributed by atoms with E-state index in [1.165, 1.54) is 16.7 Å². The van der Waals surface area contributed by atoms with Crippen molar-refractivity contribution in [2.24, 2.45) is 0 Å². The Morgan fingerprint density at radius 1 is 1.18 bits per heavy atom. The zero-order chi connectivity index (χ0) is 13.0. The molecule has 17 heavy (non-hydrogen) atoms. The molecule has 1 aromatic carbocycles. The van der Waals surface area contributed by atoms with E-state index in [-0.39, 0.29) is 6.10 Å². The lowest BCUT2D eigenvalue weighted by molar-refractivity contribution is 0.103. The maximum atomic E-state index is 5.54. The van der Waals surface area contributed by atoms with Crippen LogP contribution in [0, 0.1) is 20.8 Å². The molecule has 0 aliphatic rings. The van der Waals surface area contributed by atoms with Crippen molar-refractivity contribution in [1.82, 2.24) is 5.32 Å². The molecule has 1 N–H and O–H groups in total. The van der Waals surface area contributed by atoms with Crippen molar-refractivity contribution in [1.29, 1.82) is 0 Å². The van der Waals surface area contributed by atoms with Crippen molar-refractivity contribution >= 4 is 0 Å². The first-order valence-corrected chi connectivity index (χ1v) is 5.88. The topological polar surface area (TPSA) is 30.5 Å². The molecular formula is C14H23NO2. The normalized spacial score (nSPS) is 12.6. The first kappa shape index (κ1) is 14.0. The van der Waals surface area contributed by atoms with Crippen LogP contribution < -0.4 is 10.1 Å². The number of likely N-dealkylation sites (N-methyl/N-ethyl adjacent to an activating group) is 1. The minimum Gasteiger partial charge on any atom is -0.496 e. The van der Waals surface area contributed by atoms with E-state index in [4.69, 9.17) is 9.47 Å². The van der Waals surface area contributed by atoms with E-state index in [2.05, 4.69) is 32.2 Å². The molecular weight excluding hydrogens is 214 g/mol. The maximum Gasteiger partial charge on any atom is 0.124 e. The highest BCUT2D eigenvalue weighted by molar-refractivity contribution is 5.49. The van der Waals surface area contributed by atoms with Gasteiger partial charge in [0.25, 0.3) is 0 Å². The average molecular weight is 237 g/mol. The van der Waals surface area contributed by atoms with Crippen molar-refractivity contribution in [3.63, 3.8) is 0 Å². The number of benzene rings is 1.